The smallest absolute Gasteiger partial charge is 0.328 e. The lowest BCUT2D eigenvalue weighted by Gasteiger charge is -2.23. The van der Waals surface area contributed by atoms with E-state index >= 15 is 0 Å². The molecule has 0 aliphatic carbocycles. The zero-order chi connectivity index (χ0) is 22.1. The van der Waals surface area contributed by atoms with Crippen molar-refractivity contribution in [2.75, 3.05) is 4.90 Å². The Morgan fingerprint density at radius 2 is 1.81 bits per heavy atom. The van der Waals surface area contributed by atoms with E-state index in [-0.39, 0.29) is 17.7 Å². The van der Waals surface area contributed by atoms with Crippen LogP contribution in [0, 0.1) is 0 Å². The number of amides is 1. The summed E-state index contributed by atoms with van der Waals surface area (Å²) >= 11 is 3.39. The SMILES string of the molecule is Cn1cnc2c1c(=O)n(CC(=O)N(Cc1ccccn1)c1ccc(Br)cc1)c(=O)n2C. The van der Waals surface area contributed by atoms with E-state index in [9.17, 15) is 14.4 Å². The highest BCUT2D eigenvalue weighted by molar-refractivity contribution is 9.10. The van der Waals surface area contributed by atoms with Crippen LogP contribution >= 0.6 is 15.9 Å². The number of rotatable bonds is 5. The van der Waals surface area contributed by atoms with E-state index in [0.29, 0.717) is 11.4 Å². The van der Waals surface area contributed by atoms with Gasteiger partial charge in [-0.1, -0.05) is 22.0 Å². The average molecular weight is 483 g/mol. The molecule has 0 radical (unpaired) electrons. The van der Waals surface area contributed by atoms with Crippen molar-refractivity contribution >= 4 is 38.7 Å². The Morgan fingerprint density at radius 3 is 2.48 bits per heavy atom. The second kappa shape index (κ2) is 8.31. The molecule has 0 saturated heterocycles. The highest BCUT2D eigenvalue weighted by Crippen LogP contribution is 2.20. The Bertz CT molecular complexity index is 1370. The third-order valence-corrected chi connectivity index (χ3v) is 5.51. The maximum Gasteiger partial charge on any atom is 0.332 e. The van der Waals surface area contributed by atoms with Gasteiger partial charge >= 0.3 is 5.69 Å². The lowest BCUT2D eigenvalue weighted by Crippen LogP contribution is -2.44. The molecule has 0 bridgehead atoms. The molecular formula is C21H19BrN6O3. The Labute approximate surface area is 185 Å². The van der Waals surface area contributed by atoms with Crippen molar-refractivity contribution in [1.29, 1.82) is 0 Å². The molecule has 0 atom stereocenters. The molecule has 0 N–H and O–H groups in total. The quantitative estimate of drug-likeness (QED) is 0.432. The van der Waals surface area contributed by atoms with Crippen LogP contribution in [0.15, 0.2) is 69.1 Å². The van der Waals surface area contributed by atoms with Gasteiger partial charge in [0.05, 0.1) is 18.6 Å². The van der Waals surface area contributed by atoms with Crippen LogP contribution in [0.3, 0.4) is 0 Å². The summed E-state index contributed by atoms with van der Waals surface area (Å²) in [5.41, 5.74) is 0.693. The van der Waals surface area contributed by atoms with Crippen molar-refractivity contribution in [2.45, 2.75) is 13.1 Å². The van der Waals surface area contributed by atoms with Crippen molar-refractivity contribution in [3.8, 4) is 0 Å². The van der Waals surface area contributed by atoms with Crippen molar-refractivity contribution in [3.05, 3.63) is 86.0 Å². The van der Waals surface area contributed by atoms with Gasteiger partial charge < -0.3 is 9.47 Å². The molecule has 4 rings (SSSR count). The first-order chi connectivity index (χ1) is 14.9. The monoisotopic (exact) mass is 482 g/mol. The molecule has 31 heavy (non-hydrogen) atoms. The third-order valence-electron chi connectivity index (χ3n) is 4.98. The highest BCUT2D eigenvalue weighted by Gasteiger charge is 2.22. The molecule has 158 valence electrons. The zero-order valence-electron chi connectivity index (χ0n) is 16.9. The number of halogens is 1. The van der Waals surface area contributed by atoms with Gasteiger partial charge in [-0.2, -0.15) is 0 Å². The van der Waals surface area contributed by atoms with Crippen molar-refractivity contribution in [3.63, 3.8) is 0 Å². The molecule has 4 aromatic rings. The highest BCUT2D eigenvalue weighted by atomic mass is 79.9. The fourth-order valence-corrected chi connectivity index (χ4v) is 3.62. The Morgan fingerprint density at radius 1 is 1.06 bits per heavy atom. The van der Waals surface area contributed by atoms with Gasteiger partial charge in [0.25, 0.3) is 5.56 Å². The number of fused-ring (bicyclic) bond motifs is 1. The summed E-state index contributed by atoms with van der Waals surface area (Å²) in [5.74, 6) is -0.409. The number of aromatic nitrogens is 5. The van der Waals surface area contributed by atoms with Crippen molar-refractivity contribution in [2.24, 2.45) is 14.1 Å². The maximum absolute atomic E-state index is 13.3. The number of imidazole rings is 1. The minimum absolute atomic E-state index is 0.199. The van der Waals surface area contributed by atoms with Crippen LogP contribution in [0.5, 0.6) is 0 Å². The summed E-state index contributed by atoms with van der Waals surface area (Å²) in [5, 5.41) is 0. The van der Waals surface area contributed by atoms with E-state index < -0.39 is 23.7 Å². The molecule has 0 fully saturated rings. The molecule has 10 heteroatoms. The van der Waals surface area contributed by atoms with E-state index in [4.69, 9.17) is 0 Å². The van der Waals surface area contributed by atoms with Crippen molar-refractivity contribution in [1.82, 2.24) is 23.7 Å². The van der Waals surface area contributed by atoms with E-state index in [2.05, 4.69) is 25.9 Å². The number of aryl methyl sites for hydroxylation is 2. The molecule has 3 heterocycles. The molecule has 9 nitrogen and oxygen atoms in total. The van der Waals surface area contributed by atoms with Crippen molar-refractivity contribution < 1.29 is 4.79 Å². The Balaban J connectivity index is 1.76. The minimum atomic E-state index is -0.599. The summed E-state index contributed by atoms with van der Waals surface area (Å²) in [7, 11) is 3.20. The Kier molecular flexibility index (Phi) is 5.55. The van der Waals surface area contributed by atoms with Gasteiger partial charge in [0.2, 0.25) is 5.91 Å². The standard InChI is InChI=1S/C21H19BrN6O3/c1-25-13-24-19-18(25)20(30)28(21(31)26(19)2)12-17(29)27(11-15-5-3-4-10-23-15)16-8-6-14(22)7-9-16/h3-10,13H,11-12H2,1-2H3. The summed E-state index contributed by atoms with van der Waals surface area (Å²) in [6, 6.07) is 12.7. The second-order valence-corrected chi connectivity index (χ2v) is 7.95. The second-order valence-electron chi connectivity index (χ2n) is 7.04. The Hall–Kier alpha value is -3.53. The number of carbonyl (C=O) groups is 1. The number of anilines is 1. The number of pyridine rings is 1. The first-order valence-electron chi connectivity index (χ1n) is 9.43. The summed E-state index contributed by atoms with van der Waals surface area (Å²) < 4.78 is 4.62. The topological polar surface area (TPSA) is 95.0 Å². The minimum Gasteiger partial charge on any atom is -0.328 e. The van der Waals surface area contributed by atoms with Gasteiger partial charge in [0.15, 0.2) is 11.2 Å². The van der Waals surface area contributed by atoms with Crippen LogP contribution < -0.4 is 16.1 Å². The molecule has 0 aliphatic rings. The van der Waals surface area contributed by atoms with Crippen LogP contribution in [0.4, 0.5) is 5.69 Å². The molecule has 1 amide bonds. The normalized spacial score (nSPS) is 11.1. The number of benzene rings is 1. The number of carbonyl (C=O) groups excluding carboxylic acids is 1. The molecule has 0 spiro atoms. The van der Waals surface area contributed by atoms with Crippen LogP contribution in [0.25, 0.3) is 11.2 Å². The van der Waals surface area contributed by atoms with Gasteiger partial charge in [-0.15, -0.1) is 0 Å². The third kappa shape index (κ3) is 3.93. The fraction of sp³-hybridized carbons (Fsp3) is 0.190. The predicted molar refractivity (Wildman–Crippen MR) is 120 cm³/mol. The van der Waals surface area contributed by atoms with Gasteiger partial charge in [-0.3, -0.25) is 19.1 Å². The average Bonchev–Trinajstić information content (AvgIpc) is 3.16. The molecule has 0 unspecified atom stereocenters. The predicted octanol–water partition coefficient (Wildman–Crippen LogP) is 1.82. The first kappa shape index (κ1) is 20.7. The van der Waals surface area contributed by atoms with Crippen LogP contribution in [-0.4, -0.2) is 29.6 Å². The zero-order valence-corrected chi connectivity index (χ0v) is 18.5. The number of hydrogen-bond donors (Lipinski definition) is 0. The molecule has 3 aromatic heterocycles. The van der Waals surface area contributed by atoms with Gasteiger partial charge in [-0.05, 0) is 36.4 Å². The van der Waals surface area contributed by atoms with Gasteiger partial charge in [0.1, 0.15) is 6.54 Å². The van der Waals surface area contributed by atoms with Crippen LogP contribution in [-0.2, 0) is 32.0 Å². The molecular weight excluding hydrogens is 464 g/mol. The van der Waals surface area contributed by atoms with Gasteiger partial charge in [0, 0.05) is 30.5 Å². The lowest BCUT2D eigenvalue weighted by atomic mass is 10.2. The molecule has 0 saturated carbocycles. The summed E-state index contributed by atoms with van der Waals surface area (Å²) in [6.45, 7) is -0.208. The number of nitrogens with zero attached hydrogens (tertiary/aromatic N) is 6. The summed E-state index contributed by atoms with van der Waals surface area (Å²) in [4.78, 5) is 49.0. The lowest BCUT2D eigenvalue weighted by molar-refractivity contribution is -0.119. The maximum atomic E-state index is 13.3. The largest absolute Gasteiger partial charge is 0.332 e. The van der Waals surface area contributed by atoms with E-state index in [1.54, 1.807) is 36.0 Å². The molecule has 1 aromatic carbocycles. The van der Waals surface area contributed by atoms with Crippen LogP contribution in [0.1, 0.15) is 5.69 Å². The summed E-state index contributed by atoms with van der Waals surface area (Å²) in [6.07, 6.45) is 3.11. The van der Waals surface area contributed by atoms with Crippen LogP contribution in [0.2, 0.25) is 0 Å². The fourth-order valence-electron chi connectivity index (χ4n) is 3.35. The number of hydrogen-bond acceptors (Lipinski definition) is 5. The van der Waals surface area contributed by atoms with E-state index in [0.717, 1.165) is 9.04 Å². The first-order valence-corrected chi connectivity index (χ1v) is 10.2. The van der Waals surface area contributed by atoms with E-state index in [1.165, 1.54) is 22.8 Å². The van der Waals surface area contributed by atoms with E-state index in [1.807, 2.05) is 24.3 Å². The van der Waals surface area contributed by atoms with Gasteiger partial charge in [-0.25, -0.2) is 14.3 Å². The molecule has 0 aliphatic heterocycles.